The summed E-state index contributed by atoms with van der Waals surface area (Å²) in [7, 11) is 1.33. The number of rotatable bonds is 7. The SMILES string of the molecule is CCOc1cccc2cc(-c3cc(=O)oc4cc(OCc5ccc(C(=O)OC)cc5)ccc34)c(=O)oc12. The van der Waals surface area contributed by atoms with Gasteiger partial charge in [-0.25, -0.2) is 14.4 Å². The summed E-state index contributed by atoms with van der Waals surface area (Å²) in [6.45, 7) is 2.50. The highest BCUT2D eigenvalue weighted by Crippen LogP contribution is 2.32. The molecule has 2 aromatic heterocycles. The average Bonchev–Trinajstić information content (AvgIpc) is 2.91. The minimum atomic E-state index is -0.611. The van der Waals surface area contributed by atoms with E-state index in [0.29, 0.717) is 45.6 Å². The Morgan fingerprint density at radius 1 is 0.865 bits per heavy atom. The van der Waals surface area contributed by atoms with Crippen LogP contribution in [0.1, 0.15) is 22.8 Å². The molecule has 37 heavy (non-hydrogen) atoms. The quantitative estimate of drug-likeness (QED) is 0.219. The predicted molar refractivity (Wildman–Crippen MR) is 137 cm³/mol. The molecule has 5 rings (SSSR count). The van der Waals surface area contributed by atoms with Crippen LogP contribution in [0, 0.1) is 0 Å². The Bertz CT molecular complexity index is 1730. The number of fused-ring (bicyclic) bond motifs is 2. The van der Waals surface area contributed by atoms with Crippen LogP contribution in [0.5, 0.6) is 11.5 Å². The average molecular weight is 498 g/mol. The Kier molecular flexibility index (Phi) is 6.47. The van der Waals surface area contributed by atoms with Crippen LogP contribution < -0.4 is 20.7 Å². The second-order valence-corrected chi connectivity index (χ2v) is 8.17. The smallest absolute Gasteiger partial charge is 0.344 e. The van der Waals surface area contributed by atoms with Gasteiger partial charge in [0.1, 0.15) is 17.9 Å². The van der Waals surface area contributed by atoms with Crippen molar-refractivity contribution in [3.63, 3.8) is 0 Å². The van der Waals surface area contributed by atoms with Gasteiger partial charge in [-0.15, -0.1) is 0 Å². The van der Waals surface area contributed by atoms with E-state index in [2.05, 4.69) is 0 Å². The van der Waals surface area contributed by atoms with Crippen molar-refractivity contribution in [3.8, 4) is 22.6 Å². The maximum atomic E-state index is 12.9. The summed E-state index contributed by atoms with van der Waals surface area (Å²) < 4.78 is 27.1. The van der Waals surface area contributed by atoms with Crippen molar-refractivity contribution in [1.82, 2.24) is 0 Å². The van der Waals surface area contributed by atoms with Crippen LogP contribution >= 0.6 is 0 Å². The molecule has 8 nitrogen and oxygen atoms in total. The number of ether oxygens (including phenoxy) is 3. The molecule has 0 aliphatic carbocycles. The third-order valence-corrected chi connectivity index (χ3v) is 5.81. The zero-order valence-corrected chi connectivity index (χ0v) is 20.1. The molecule has 0 unspecified atom stereocenters. The highest BCUT2D eigenvalue weighted by atomic mass is 16.5. The Hall–Kier alpha value is -4.85. The predicted octanol–water partition coefficient (Wildman–Crippen LogP) is 5.33. The Morgan fingerprint density at radius 3 is 2.43 bits per heavy atom. The zero-order valence-electron chi connectivity index (χ0n) is 20.1. The number of carbonyl (C=O) groups is 1. The number of carbonyl (C=O) groups excluding carboxylic acids is 1. The van der Waals surface area contributed by atoms with Crippen molar-refractivity contribution >= 4 is 27.9 Å². The molecule has 0 N–H and O–H groups in total. The van der Waals surface area contributed by atoms with Gasteiger partial charge in [0, 0.05) is 28.5 Å². The molecule has 0 atom stereocenters. The van der Waals surface area contributed by atoms with Gasteiger partial charge in [0.2, 0.25) is 0 Å². The summed E-state index contributed by atoms with van der Waals surface area (Å²) in [4.78, 5) is 36.9. The number of benzene rings is 3. The highest BCUT2D eigenvalue weighted by Gasteiger charge is 2.16. The van der Waals surface area contributed by atoms with Crippen LogP contribution in [0.25, 0.3) is 33.1 Å². The van der Waals surface area contributed by atoms with Gasteiger partial charge in [0.05, 0.1) is 24.8 Å². The van der Waals surface area contributed by atoms with E-state index >= 15 is 0 Å². The summed E-state index contributed by atoms with van der Waals surface area (Å²) in [6.07, 6.45) is 0. The number of esters is 1. The molecule has 3 aromatic carbocycles. The van der Waals surface area contributed by atoms with Crippen molar-refractivity contribution < 1.29 is 27.8 Å². The summed E-state index contributed by atoms with van der Waals surface area (Å²) in [5.74, 6) is 0.530. The molecule has 0 amide bonds. The first-order chi connectivity index (χ1) is 18.0. The molecule has 0 bridgehead atoms. The van der Waals surface area contributed by atoms with Crippen molar-refractivity contribution in [2.75, 3.05) is 13.7 Å². The van der Waals surface area contributed by atoms with E-state index in [9.17, 15) is 14.4 Å². The number of para-hydroxylation sites is 1. The lowest BCUT2D eigenvalue weighted by Crippen LogP contribution is -2.07. The molecule has 0 saturated carbocycles. The van der Waals surface area contributed by atoms with Gasteiger partial charge in [-0.3, -0.25) is 0 Å². The van der Waals surface area contributed by atoms with Crippen molar-refractivity contribution in [2.45, 2.75) is 13.5 Å². The molecule has 0 radical (unpaired) electrons. The minimum Gasteiger partial charge on any atom is -0.490 e. The third-order valence-electron chi connectivity index (χ3n) is 5.81. The van der Waals surface area contributed by atoms with E-state index in [1.54, 1.807) is 60.7 Å². The lowest BCUT2D eigenvalue weighted by molar-refractivity contribution is 0.0600. The van der Waals surface area contributed by atoms with Gasteiger partial charge in [-0.05, 0) is 48.9 Å². The lowest BCUT2D eigenvalue weighted by Gasteiger charge is -2.10. The minimum absolute atomic E-state index is 0.229. The number of hydrogen-bond donors (Lipinski definition) is 0. The standard InChI is InChI=1S/C29H22O8/c1-3-34-24-6-4-5-19-13-23(29(32)37-27(19)24)22-15-26(30)36-25-14-20(11-12-21(22)25)35-16-17-7-9-18(10-8-17)28(31)33-2/h4-15H,3,16H2,1-2H3. The fourth-order valence-corrected chi connectivity index (χ4v) is 4.05. The monoisotopic (exact) mass is 498 g/mol. The first-order valence-electron chi connectivity index (χ1n) is 11.5. The van der Waals surface area contributed by atoms with E-state index in [1.165, 1.54) is 13.2 Å². The summed E-state index contributed by atoms with van der Waals surface area (Å²) in [5.41, 5.74) is 1.32. The van der Waals surface area contributed by atoms with E-state index in [1.807, 2.05) is 13.0 Å². The molecule has 0 fully saturated rings. The van der Waals surface area contributed by atoms with Crippen LogP contribution in [-0.4, -0.2) is 19.7 Å². The van der Waals surface area contributed by atoms with E-state index in [4.69, 9.17) is 23.0 Å². The Labute approximate surface area is 210 Å². The molecular formula is C29H22O8. The summed E-state index contributed by atoms with van der Waals surface area (Å²) in [6, 6.07) is 20.2. The van der Waals surface area contributed by atoms with Crippen LogP contribution in [-0.2, 0) is 11.3 Å². The lowest BCUT2D eigenvalue weighted by atomic mass is 10.0. The molecular weight excluding hydrogens is 476 g/mol. The molecule has 2 heterocycles. The van der Waals surface area contributed by atoms with Gasteiger partial charge in [0.15, 0.2) is 11.3 Å². The van der Waals surface area contributed by atoms with Gasteiger partial charge in [-0.2, -0.15) is 0 Å². The van der Waals surface area contributed by atoms with Gasteiger partial charge >= 0.3 is 17.2 Å². The second kappa shape index (κ2) is 10.0. The third kappa shape index (κ3) is 4.81. The zero-order chi connectivity index (χ0) is 25.9. The summed E-state index contributed by atoms with van der Waals surface area (Å²) in [5, 5.41) is 1.22. The number of hydrogen-bond acceptors (Lipinski definition) is 8. The molecule has 0 spiro atoms. The number of methoxy groups -OCH3 is 1. The molecule has 186 valence electrons. The van der Waals surface area contributed by atoms with E-state index in [0.717, 1.165) is 5.56 Å². The molecule has 0 aliphatic heterocycles. The normalized spacial score (nSPS) is 11.0. The van der Waals surface area contributed by atoms with Crippen LogP contribution in [0.2, 0.25) is 0 Å². The second-order valence-electron chi connectivity index (χ2n) is 8.17. The maximum absolute atomic E-state index is 12.9. The first-order valence-corrected chi connectivity index (χ1v) is 11.5. The highest BCUT2D eigenvalue weighted by molar-refractivity contribution is 5.96. The fourth-order valence-electron chi connectivity index (χ4n) is 4.05. The summed E-state index contributed by atoms with van der Waals surface area (Å²) >= 11 is 0. The molecule has 0 saturated heterocycles. The van der Waals surface area contributed by atoms with Crippen molar-refractivity contribution in [3.05, 3.63) is 105 Å². The van der Waals surface area contributed by atoms with Gasteiger partial charge < -0.3 is 23.0 Å². The first kappa shape index (κ1) is 23.9. The molecule has 8 heteroatoms. The van der Waals surface area contributed by atoms with Crippen molar-refractivity contribution in [1.29, 1.82) is 0 Å². The topological polar surface area (TPSA) is 105 Å². The van der Waals surface area contributed by atoms with Crippen molar-refractivity contribution in [2.24, 2.45) is 0 Å². The van der Waals surface area contributed by atoms with Crippen LogP contribution in [0.15, 0.2) is 91.2 Å². The maximum Gasteiger partial charge on any atom is 0.344 e. The van der Waals surface area contributed by atoms with E-state index < -0.39 is 17.2 Å². The molecule has 0 aliphatic rings. The Balaban J connectivity index is 1.48. The Morgan fingerprint density at radius 2 is 1.68 bits per heavy atom. The largest absolute Gasteiger partial charge is 0.490 e. The van der Waals surface area contributed by atoms with Gasteiger partial charge in [-0.1, -0.05) is 24.3 Å². The van der Waals surface area contributed by atoms with E-state index in [-0.39, 0.29) is 17.8 Å². The molecule has 5 aromatic rings. The van der Waals surface area contributed by atoms with Crippen LogP contribution in [0.4, 0.5) is 0 Å². The van der Waals surface area contributed by atoms with Crippen LogP contribution in [0.3, 0.4) is 0 Å². The fraction of sp³-hybridized carbons (Fsp3) is 0.138. The van der Waals surface area contributed by atoms with Gasteiger partial charge in [0.25, 0.3) is 0 Å².